The van der Waals surface area contributed by atoms with Crippen LogP contribution in [0.1, 0.15) is 5.56 Å². The zero-order valence-corrected chi connectivity index (χ0v) is 9.22. The van der Waals surface area contributed by atoms with Crippen molar-refractivity contribution in [2.24, 2.45) is 0 Å². The van der Waals surface area contributed by atoms with E-state index in [1.807, 2.05) is 24.3 Å². The summed E-state index contributed by atoms with van der Waals surface area (Å²) in [5.74, 6) is 2.63. The minimum Gasteiger partial charge on any atom is -0.493 e. The average molecular weight is 212 g/mol. The van der Waals surface area contributed by atoms with Crippen molar-refractivity contribution < 1.29 is 9.84 Å². The Balaban J connectivity index is 2.15. The number of thioether (sulfide) groups is 1. The van der Waals surface area contributed by atoms with Gasteiger partial charge in [-0.05, 0) is 19.1 Å². The van der Waals surface area contributed by atoms with Crippen molar-refractivity contribution in [3.8, 4) is 5.75 Å². The zero-order chi connectivity index (χ0) is 10.2. The molecule has 0 aromatic heterocycles. The van der Waals surface area contributed by atoms with Crippen LogP contribution in [0.2, 0.25) is 0 Å². The molecule has 0 bridgehead atoms. The molecule has 1 rings (SSSR count). The first-order valence-electron chi connectivity index (χ1n) is 4.71. The summed E-state index contributed by atoms with van der Waals surface area (Å²) in [5.41, 5.74) is 1.24. The second-order valence-electron chi connectivity index (χ2n) is 3.00. The van der Waals surface area contributed by atoms with Gasteiger partial charge in [0.05, 0.1) is 13.2 Å². The fourth-order valence-corrected chi connectivity index (χ4v) is 1.55. The highest BCUT2D eigenvalue weighted by molar-refractivity contribution is 7.99. The van der Waals surface area contributed by atoms with Gasteiger partial charge in [0.25, 0.3) is 0 Å². The summed E-state index contributed by atoms with van der Waals surface area (Å²) in [6.45, 7) is 3.00. The van der Waals surface area contributed by atoms with Crippen LogP contribution in [0.4, 0.5) is 0 Å². The molecule has 1 aromatic rings. The van der Waals surface area contributed by atoms with E-state index in [0.717, 1.165) is 17.3 Å². The Labute approximate surface area is 89.3 Å². The molecule has 78 valence electrons. The van der Waals surface area contributed by atoms with Crippen LogP contribution in [0.15, 0.2) is 24.3 Å². The maximum absolute atomic E-state index is 8.55. The van der Waals surface area contributed by atoms with E-state index in [1.165, 1.54) is 5.56 Å². The molecule has 3 heteroatoms. The number of rotatable bonds is 6. The molecule has 0 saturated heterocycles. The van der Waals surface area contributed by atoms with Crippen LogP contribution >= 0.6 is 11.8 Å². The molecule has 2 nitrogen and oxygen atoms in total. The first-order chi connectivity index (χ1) is 6.83. The number of aryl methyl sites for hydroxylation is 1. The zero-order valence-electron chi connectivity index (χ0n) is 8.40. The van der Waals surface area contributed by atoms with Crippen LogP contribution < -0.4 is 4.74 Å². The normalized spacial score (nSPS) is 10.1. The van der Waals surface area contributed by atoms with Crippen LogP contribution in [-0.4, -0.2) is 29.8 Å². The van der Waals surface area contributed by atoms with E-state index in [0.29, 0.717) is 6.61 Å². The summed E-state index contributed by atoms with van der Waals surface area (Å²) >= 11 is 1.70. The van der Waals surface area contributed by atoms with E-state index in [9.17, 15) is 0 Å². The van der Waals surface area contributed by atoms with Crippen molar-refractivity contribution in [1.29, 1.82) is 0 Å². The van der Waals surface area contributed by atoms with Gasteiger partial charge in [-0.15, -0.1) is 0 Å². The van der Waals surface area contributed by atoms with Gasteiger partial charge in [-0.2, -0.15) is 11.8 Å². The molecule has 0 saturated carbocycles. The Kier molecular flexibility index (Phi) is 5.49. The highest BCUT2D eigenvalue weighted by Gasteiger charge is 1.93. The number of hydrogen-bond acceptors (Lipinski definition) is 3. The van der Waals surface area contributed by atoms with Crippen molar-refractivity contribution in [1.82, 2.24) is 0 Å². The smallest absolute Gasteiger partial charge is 0.119 e. The van der Waals surface area contributed by atoms with Crippen molar-refractivity contribution >= 4 is 11.8 Å². The second kappa shape index (κ2) is 6.74. The summed E-state index contributed by atoms with van der Waals surface area (Å²) in [4.78, 5) is 0. The van der Waals surface area contributed by atoms with Gasteiger partial charge >= 0.3 is 0 Å². The van der Waals surface area contributed by atoms with Gasteiger partial charge in [-0.1, -0.05) is 17.7 Å². The summed E-state index contributed by atoms with van der Waals surface area (Å²) in [7, 11) is 0. The van der Waals surface area contributed by atoms with E-state index in [4.69, 9.17) is 9.84 Å². The maximum Gasteiger partial charge on any atom is 0.119 e. The fourth-order valence-electron chi connectivity index (χ4n) is 1.02. The summed E-state index contributed by atoms with van der Waals surface area (Å²) in [5, 5.41) is 8.55. The third-order valence-electron chi connectivity index (χ3n) is 1.75. The van der Waals surface area contributed by atoms with Crippen molar-refractivity contribution in [3.63, 3.8) is 0 Å². The van der Waals surface area contributed by atoms with Crippen LogP contribution in [0.5, 0.6) is 5.75 Å². The SMILES string of the molecule is Cc1ccc(OCCSCCO)cc1. The Morgan fingerprint density at radius 3 is 2.57 bits per heavy atom. The van der Waals surface area contributed by atoms with E-state index < -0.39 is 0 Å². The number of ether oxygens (including phenoxy) is 1. The second-order valence-corrected chi connectivity index (χ2v) is 4.22. The molecule has 0 fully saturated rings. The van der Waals surface area contributed by atoms with Gasteiger partial charge in [-0.3, -0.25) is 0 Å². The quantitative estimate of drug-likeness (QED) is 0.732. The van der Waals surface area contributed by atoms with Gasteiger partial charge in [0.2, 0.25) is 0 Å². The molecular weight excluding hydrogens is 196 g/mol. The number of aliphatic hydroxyl groups excluding tert-OH is 1. The lowest BCUT2D eigenvalue weighted by Crippen LogP contribution is -2.01. The maximum atomic E-state index is 8.55. The molecule has 0 radical (unpaired) electrons. The molecule has 14 heavy (non-hydrogen) atoms. The number of hydrogen-bond donors (Lipinski definition) is 1. The molecule has 0 aliphatic carbocycles. The standard InChI is InChI=1S/C11H16O2S/c1-10-2-4-11(5-3-10)13-7-9-14-8-6-12/h2-5,12H,6-9H2,1H3. The molecule has 1 N–H and O–H groups in total. The molecule has 0 heterocycles. The largest absolute Gasteiger partial charge is 0.493 e. The first kappa shape index (κ1) is 11.4. The van der Waals surface area contributed by atoms with Crippen molar-refractivity contribution in [3.05, 3.63) is 29.8 Å². The molecule has 0 aliphatic rings. The van der Waals surface area contributed by atoms with Crippen LogP contribution in [0.3, 0.4) is 0 Å². The highest BCUT2D eigenvalue weighted by Crippen LogP contribution is 2.11. The molecule has 0 unspecified atom stereocenters. The summed E-state index contributed by atoms with van der Waals surface area (Å²) < 4.78 is 5.51. The van der Waals surface area contributed by atoms with Gasteiger partial charge in [0.15, 0.2) is 0 Å². The van der Waals surface area contributed by atoms with Crippen molar-refractivity contribution in [2.45, 2.75) is 6.92 Å². The lowest BCUT2D eigenvalue weighted by atomic mass is 10.2. The predicted octanol–water partition coefficient (Wildman–Crippen LogP) is 2.10. The Morgan fingerprint density at radius 1 is 1.21 bits per heavy atom. The van der Waals surface area contributed by atoms with E-state index in [2.05, 4.69) is 6.92 Å². The lowest BCUT2D eigenvalue weighted by molar-refractivity contribution is 0.321. The first-order valence-corrected chi connectivity index (χ1v) is 5.86. The fraction of sp³-hybridized carbons (Fsp3) is 0.455. The Hall–Kier alpha value is -0.670. The van der Waals surface area contributed by atoms with Gasteiger partial charge in [0, 0.05) is 11.5 Å². The molecular formula is C11H16O2S. The van der Waals surface area contributed by atoms with Crippen molar-refractivity contribution in [2.75, 3.05) is 24.7 Å². The Morgan fingerprint density at radius 2 is 1.93 bits per heavy atom. The van der Waals surface area contributed by atoms with E-state index in [1.54, 1.807) is 11.8 Å². The molecule has 0 amide bonds. The third-order valence-corrected chi connectivity index (χ3v) is 2.68. The molecule has 1 aromatic carbocycles. The van der Waals surface area contributed by atoms with Gasteiger partial charge in [-0.25, -0.2) is 0 Å². The average Bonchev–Trinajstić information content (AvgIpc) is 2.21. The van der Waals surface area contributed by atoms with Gasteiger partial charge in [0.1, 0.15) is 5.75 Å². The molecule has 0 atom stereocenters. The minimum absolute atomic E-state index is 0.245. The number of benzene rings is 1. The monoisotopic (exact) mass is 212 g/mol. The highest BCUT2D eigenvalue weighted by atomic mass is 32.2. The van der Waals surface area contributed by atoms with E-state index >= 15 is 0 Å². The lowest BCUT2D eigenvalue weighted by Gasteiger charge is -2.05. The number of aliphatic hydroxyl groups is 1. The molecule has 0 aliphatic heterocycles. The van der Waals surface area contributed by atoms with Crippen LogP contribution in [0, 0.1) is 6.92 Å². The topological polar surface area (TPSA) is 29.5 Å². The van der Waals surface area contributed by atoms with E-state index in [-0.39, 0.29) is 6.61 Å². The van der Waals surface area contributed by atoms with Crippen LogP contribution in [0.25, 0.3) is 0 Å². The minimum atomic E-state index is 0.245. The predicted molar refractivity (Wildman–Crippen MR) is 61.1 cm³/mol. The summed E-state index contributed by atoms with van der Waals surface area (Å²) in [6.07, 6.45) is 0. The Bertz CT molecular complexity index is 246. The molecule has 0 spiro atoms. The summed E-state index contributed by atoms with van der Waals surface area (Å²) in [6, 6.07) is 8.03. The third kappa shape index (κ3) is 4.53. The van der Waals surface area contributed by atoms with Crippen LogP contribution in [-0.2, 0) is 0 Å². The van der Waals surface area contributed by atoms with Gasteiger partial charge < -0.3 is 9.84 Å².